The predicted molar refractivity (Wildman–Crippen MR) is 83.5 cm³/mol. The third kappa shape index (κ3) is 2.88. The van der Waals surface area contributed by atoms with E-state index in [2.05, 4.69) is 41.2 Å². The number of aromatic nitrogens is 4. The molecule has 1 aromatic carbocycles. The van der Waals surface area contributed by atoms with Crippen molar-refractivity contribution in [1.82, 2.24) is 19.9 Å². The molecule has 0 atom stereocenters. The van der Waals surface area contributed by atoms with Gasteiger partial charge >= 0.3 is 0 Å². The molecule has 106 valence electrons. The summed E-state index contributed by atoms with van der Waals surface area (Å²) in [5.41, 5.74) is 2.41. The molecule has 0 saturated carbocycles. The molecule has 0 unspecified atom stereocenters. The third-order valence-electron chi connectivity index (χ3n) is 2.77. The number of benzene rings is 1. The zero-order chi connectivity index (χ0) is 15.0. The van der Waals surface area contributed by atoms with Gasteiger partial charge in [-0.05, 0) is 30.7 Å². The molecular weight excluding hydrogens is 358 g/mol. The number of fused-ring (bicyclic) bond motifs is 1. The fourth-order valence-electron chi connectivity index (χ4n) is 1.89. The fourth-order valence-corrected chi connectivity index (χ4v) is 2.72. The number of nitrogens with zero attached hydrogens (tertiary/aromatic N) is 3. The maximum Gasteiger partial charge on any atom is 0.258 e. The Morgan fingerprint density at radius 1 is 1.33 bits per heavy atom. The molecule has 2 aromatic heterocycles. The number of carbonyl (C=O) groups excluding carboxylic acids is 1. The molecule has 0 aliphatic carbocycles. The highest BCUT2D eigenvalue weighted by Crippen LogP contribution is 2.19. The highest BCUT2D eigenvalue weighted by atomic mass is 79.9. The molecule has 0 aliphatic heterocycles. The minimum Gasteiger partial charge on any atom is -0.341 e. The van der Waals surface area contributed by atoms with Crippen LogP contribution in [0.4, 0.5) is 5.95 Å². The van der Waals surface area contributed by atoms with E-state index >= 15 is 0 Å². The Balaban J connectivity index is 1.92. The van der Waals surface area contributed by atoms with E-state index in [1.165, 1.54) is 6.33 Å². The van der Waals surface area contributed by atoms with Crippen molar-refractivity contribution in [3.63, 3.8) is 0 Å². The number of hydrogen-bond donors (Lipinski definition) is 2. The molecule has 3 rings (SSSR count). The average molecular weight is 367 g/mol. The van der Waals surface area contributed by atoms with Crippen LogP contribution in [0.2, 0.25) is 5.15 Å². The number of halogens is 2. The van der Waals surface area contributed by atoms with Crippen LogP contribution in [0.5, 0.6) is 0 Å². The van der Waals surface area contributed by atoms with Crippen LogP contribution >= 0.6 is 27.5 Å². The summed E-state index contributed by atoms with van der Waals surface area (Å²) < 4.78 is 0.828. The molecule has 3 aromatic rings. The molecule has 8 heteroatoms. The van der Waals surface area contributed by atoms with E-state index in [1.54, 1.807) is 12.1 Å². The Morgan fingerprint density at radius 2 is 2.14 bits per heavy atom. The molecule has 2 heterocycles. The lowest BCUT2D eigenvalue weighted by atomic mass is 10.1. The maximum atomic E-state index is 12.2. The molecule has 0 radical (unpaired) electrons. The van der Waals surface area contributed by atoms with E-state index in [9.17, 15) is 4.79 Å². The van der Waals surface area contributed by atoms with Gasteiger partial charge in [0.1, 0.15) is 5.52 Å². The van der Waals surface area contributed by atoms with E-state index in [1.807, 2.05) is 13.0 Å². The first-order valence-corrected chi connectivity index (χ1v) is 7.15. The predicted octanol–water partition coefficient (Wildman–Crippen LogP) is 3.33. The molecule has 21 heavy (non-hydrogen) atoms. The van der Waals surface area contributed by atoms with Crippen LogP contribution in [0.25, 0.3) is 11.2 Å². The van der Waals surface area contributed by atoms with Gasteiger partial charge < -0.3 is 4.98 Å². The third-order valence-corrected chi connectivity index (χ3v) is 3.50. The van der Waals surface area contributed by atoms with Crippen LogP contribution in [-0.2, 0) is 0 Å². The van der Waals surface area contributed by atoms with E-state index < -0.39 is 0 Å². The summed E-state index contributed by atoms with van der Waals surface area (Å²) in [5.74, 6) is -0.201. The quantitative estimate of drug-likeness (QED) is 0.681. The van der Waals surface area contributed by atoms with Crippen molar-refractivity contribution >= 4 is 50.6 Å². The number of carbonyl (C=O) groups is 1. The number of amides is 1. The van der Waals surface area contributed by atoms with Crippen molar-refractivity contribution in [3.05, 3.63) is 45.3 Å². The first-order chi connectivity index (χ1) is 10.0. The van der Waals surface area contributed by atoms with Gasteiger partial charge in [0.05, 0.1) is 6.33 Å². The lowest BCUT2D eigenvalue weighted by Gasteiger charge is -2.06. The van der Waals surface area contributed by atoms with Gasteiger partial charge in [-0.15, -0.1) is 0 Å². The van der Waals surface area contributed by atoms with Crippen molar-refractivity contribution in [2.24, 2.45) is 0 Å². The zero-order valence-electron chi connectivity index (χ0n) is 10.8. The van der Waals surface area contributed by atoms with Gasteiger partial charge in [0, 0.05) is 10.0 Å². The van der Waals surface area contributed by atoms with Gasteiger partial charge in [-0.25, -0.2) is 4.98 Å². The highest BCUT2D eigenvalue weighted by Gasteiger charge is 2.12. The second-order valence-corrected chi connectivity index (χ2v) is 5.68. The summed E-state index contributed by atoms with van der Waals surface area (Å²) in [7, 11) is 0. The van der Waals surface area contributed by atoms with Crippen LogP contribution in [-0.4, -0.2) is 25.8 Å². The monoisotopic (exact) mass is 365 g/mol. The number of aromatic amines is 1. The summed E-state index contributed by atoms with van der Waals surface area (Å²) in [6.45, 7) is 1.91. The first-order valence-electron chi connectivity index (χ1n) is 5.98. The Kier molecular flexibility index (Phi) is 3.60. The van der Waals surface area contributed by atoms with Gasteiger partial charge in [-0.1, -0.05) is 27.5 Å². The molecule has 0 saturated heterocycles. The van der Waals surface area contributed by atoms with E-state index in [0.717, 1.165) is 10.0 Å². The SMILES string of the molecule is Cc1cc(Br)cc(C(=O)Nc2nc(Cl)c3[nH]cnc3n2)c1. The maximum absolute atomic E-state index is 12.2. The van der Waals surface area contributed by atoms with Gasteiger partial charge in [-0.2, -0.15) is 9.97 Å². The molecule has 0 fully saturated rings. The molecule has 1 amide bonds. The van der Waals surface area contributed by atoms with Gasteiger partial charge in [0.15, 0.2) is 10.8 Å². The number of aryl methyl sites for hydroxylation is 1. The van der Waals surface area contributed by atoms with Crippen molar-refractivity contribution in [2.75, 3.05) is 5.32 Å². The molecule has 0 bridgehead atoms. The molecule has 2 N–H and O–H groups in total. The Morgan fingerprint density at radius 3 is 2.90 bits per heavy atom. The number of hydrogen-bond acceptors (Lipinski definition) is 4. The first kappa shape index (κ1) is 14.0. The number of rotatable bonds is 2. The van der Waals surface area contributed by atoms with Crippen LogP contribution in [0, 0.1) is 6.92 Å². The smallest absolute Gasteiger partial charge is 0.258 e. The largest absolute Gasteiger partial charge is 0.341 e. The number of nitrogens with one attached hydrogen (secondary N) is 2. The van der Waals surface area contributed by atoms with Crippen LogP contribution in [0.15, 0.2) is 29.0 Å². The summed E-state index contributed by atoms with van der Waals surface area (Å²) in [5, 5.41) is 2.82. The van der Waals surface area contributed by atoms with Gasteiger partial charge in [-0.3, -0.25) is 10.1 Å². The lowest BCUT2D eigenvalue weighted by molar-refractivity contribution is 0.102. The van der Waals surface area contributed by atoms with Crippen LogP contribution in [0.1, 0.15) is 15.9 Å². The average Bonchev–Trinajstić information content (AvgIpc) is 2.86. The molecule has 6 nitrogen and oxygen atoms in total. The number of imidazole rings is 1. The van der Waals surface area contributed by atoms with E-state index in [0.29, 0.717) is 16.7 Å². The lowest BCUT2D eigenvalue weighted by Crippen LogP contribution is -2.14. The van der Waals surface area contributed by atoms with Gasteiger partial charge in [0.2, 0.25) is 5.95 Å². The number of H-pyrrole nitrogens is 1. The standard InChI is InChI=1S/C13H9BrClN5O/c1-6-2-7(4-8(14)3-6)12(21)20-13-18-10(15)9-11(19-13)17-5-16-9/h2-5H,1H3,(H2,16,17,18,19,20,21). The number of anilines is 1. The van der Waals surface area contributed by atoms with Crippen molar-refractivity contribution in [2.45, 2.75) is 6.92 Å². The van der Waals surface area contributed by atoms with Crippen molar-refractivity contribution in [1.29, 1.82) is 0 Å². The second kappa shape index (κ2) is 5.42. The summed E-state index contributed by atoms with van der Waals surface area (Å²) >= 11 is 9.36. The van der Waals surface area contributed by atoms with Gasteiger partial charge in [0.25, 0.3) is 5.91 Å². The van der Waals surface area contributed by atoms with Crippen LogP contribution < -0.4 is 5.32 Å². The Labute approximate surface area is 133 Å². The molecular formula is C13H9BrClN5O. The molecule has 0 aliphatic rings. The normalized spacial score (nSPS) is 10.8. The minimum absolute atomic E-state index is 0.113. The van der Waals surface area contributed by atoms with E-state index in [4.69, 9.17) is 11.6 Å². The van der Waals surface area contributed by atoms with Crippen LogP contribution in [0.3, 0.4) is 0 Å². The Bertz CT molecular complexity index is 827. The highest BCUT2D eigenvalue weighted by molar-refractivity contribution is 9.10. The fraction of sp³-hybridized carbons (Fsp3) is 0.0769. The summed E-state index contributed by atoms with van der Waals surface area (Å²) in [6, 6.07) is 5.41. The minimum atomic E-state index is -0.314. The Hall–Kier alpha value is -1.99. The molecule has 0 spiro atoms. The van der Waals surface area contributed by atoms with E-state index in [-0.39, 0.29) is 17.0 Å². The summed E-state index contributed by atoms with van der Waals surface area (Å²) in [4.78, 5) is 27.2. The van der Waals surface area contributed by atoms with Crippen molar-refractivity contribution < 1.29 is 4.79 Å². The second-order valence-electron chi connectivity index (χ2n) is 4.41. The zero-order valence-corrected chi connectivity index (χ0v) is 13.2. The topological polar surface area (TPSA) is 83.6 Å². The summed E-state index contributed by atoms with van der Waals surface area (Å²) in [6.07, 6.45) is 1.47. The van der Waals surface area contributed by atoms with Crippen molar-refractivity contribution in [3.8, 4) is 0 Å².